The number of hydrogen-bond donors (Lipinski definition) is 4. The zero-order chi connectivity index (χ0) is 101. The van der Waals surface area contributed by atoms with Crippen molar-refractivity contribution in [2.75, 3.05) is 0 Å². The molecular weight excluding hydrogens is 1740 g/mol. The second-order valence-corrected chi connectivity index (χ2v) is 48.2. The summed E-state index contributed by atoms with van der Waals surface area (Å²) in [5.74, 6) is -0.711. The molecule has 0 radical (unpaired) electrons. The van der Waals surface area contributed by atoms with Gasteiger partial charge < -0.3 is 67.8 Å². The standard InChI is InChI=1S/C22H28O2.C21H26O2.2C16H26O3.2C13H18O5.2C6H12O2/c1-4-21(2,3)20(23)24-22(14-8-5-9-15-22)19-13-12-17-10-6-7-11-18(17)16-19;1-4-20(2,3)19(22)23-21(13-7-8-14-21)18-12-11-16-9-5-6-10-17(16)15-18;2*1-4-14(2,3)13(17)19-16-8-11-5-12(9-16)7-15(18,6-11)10-16;2*1-4-13(2,3)12(15)18-9-7-5-6-8(16-7)10(9)17-11(6)14;2*1-4-6(2,3)5(7)8/h6-7,10-13,16H,4-5,8-9,14-15H2,1-3H3;5-6,9-12,15H,4,7-8,13-14H2,1-3H3;2*11-12,18H,4-10H2,1-3H3;2*6-10H,4-5H2,1-3H3;2*4H2,1-3H3,(H,7,8). The smallest absolute Gasteiger partial charge is 0.312 e. The largest absolute Gasteiger partial charge is 0.481 e. The van der Waals surface area contributed by atoms with E-state index in [1.54, 1.807) is 27.7 Å². The topological polar surface area (TPSA) is 344 Å². The zero-order valence-electron chi connectivity index (χ0n) is 87.0. The Hall–Kier alpha value is -8.06. The van der Waals surface area contributed by atoms with Gasteiger partial charge in [-0.1, -0.05) is 135 Å². The monoisotopic (exact) mass is 1910 g/mol. The van der Waals surface area contributed by atoms with E-state index in [2.05, 4.69) is 84.9 Å². The molecule has 6 saturated heterocycles. The van der Waals surface area contributed by atoms with Crippen LogP contribution in [-0.2, 0) is 107 Å². The van der Waals surface area contributed by atoms with E-state index in [0.717, 1.165) is 140 Å². The predicted molar refractivity (Wildman–Crippen MR) is 523 cm³/mol. The fraction of sp³-hybridized carbons (Fsp3) is 0.735. The summed E-state index contributed by atoms with van der Waals surface area (Å²) in [6, 6.07) is 29.7. The van der Waals surface area contributed by atoms with E-state index >= 15 is 0 Å². The maximum Gasteiger partial charge on any atom is 0.312 e. The molecule has 10 aliphatic carbocycles. The summed E-state index contributed by atoms with van der Waals surface area (Å²) in [4.78, 5) is 118. The molecule has 6 heterocycles. The van der Waals surface area contributed by atoms with Gasteiger partial charge in [-0.05, 0) is 359 Å². The van der Waals surface area contributed by atoms with E-state index in [1.165, 1.54) is 40.8 Å². The number of carboxylic acid groups (broad SMARTS) is 2. The molecule has 16 aliphatic rings. The van der Waals surface area contributed by atoms with Gasteiger partial charge in [0.1, 0.15) is 34.6 Å². The number of carbonyl (C=O) groups excluding carboxylic acids is 8. The molecule has 14 atom stereocenters. The van der Waals surface area contributed by atoms with E-state index in [1.807, 2.05) is 138 Å². The van der Waals surface area contributed by atoms with Gasteiger partial charge in [0.2, 0.25) is 0 Å². The van der Waals surface area contributed by atoms with Crippen molar-refractivity contribution in [2.45, 2.75) is 448 Å². The fourth-order valence-electron chi connectivity index (χ4n) is 22.2. The number of rotatable bonds is 24. The SMILES string of the molecule is CCC(C)(C)C(=O)O.CCC(C)(C)C(=O)O.CCC(C)(C)C(=O)OC1(c2ccc3ccccc3c2)CCCC1.CCC(C)(C)C(=O)OC1(c2ccc3ccccc3c2)CCCCC1.CCC(C)(C)C(=O)OC12CC3CC(CC(O)(C3)C1)C2.CCC(C)(C)C(=O)OC12CC3CC(CC(O)(C3)C1)C2.CCC(C)(C)C(=O)OC1C2CC3C(=O)OC1C3O2.CCC(C)(C)C(=O)OC1C2CC3C(=O)OC1C3O2. The lowest BCUT2D eigenvalue weighted by Crippen LogP contribution is -2.61. The van der Waals surface area contributed by atoms with E-state index in [9.17, 15) is 58.2 Å². The minimum absolute atomic E-state index is 0.0694. The van der Waals surface area contributed by atoms with E-state index in [4.69, 9.17) is 57.6 Å². The lowest BCUT2D eigenvalue weighted by molar-refractivity contribution is -0.226. The third kappa shape index (κ3) is 24.6. The number of fused-ring (bicyclic) bond motifs is 4. The molecule has 0 amide bonds. The molecule has 14 unspecified atom stereocenters. The number of esters is 8. The third-order valence-corrected chi connectivity index (χ3v) is 34.4. The number of ether oxygens (including phenoxy) is 10. The first-order valence-electron chi connectivity index (χ1n) is 51.8. The average molecular weight is 1910 g/mol. The van der Waals surface area contributed by atoms with Crippen molar-refractivity contribution in [1.82, 2.24) is 0 Å². The minimum Gasteiger partial charge on any atom is -0.481 e. The Morgan fingerprint density at radius 1 is 0.336 bits per heavy atom. The number of aliphatic hydroxyl groups is 2. The average Bonchev–Trinajstić information content (AvgIpc) is 1.65. The number of carbonyl (C=O) groups is 10. The fourth-order valence-corrected chi connectivity index (χ4v) is 22.2. The number of aliphatic carboxylic acids is 2. The molecule has 4 aromatic rings. The maximum atomic E-state index is 12.8. The van der Waals surface area contributed by atoms with Crippen LogP contribution in [0.4, 0.5) is 0 Å². The van der Waals surface area contributed by atoms with E-state index < -0.39 is 102 Å². The molecule has 6 aliphatic heterocycles. The number of hydrogen-bond acceptors (Lipinski definition) is 22. The zero-order valence-corrected chi connectivity index (χ0v) is 87.0. The Kier molecular flexibility index (Phi) is 33.7. The summed E-state index contributed by atoms with van der Waals surface area (Å²) in [7, 11) is 0. The quantitative estimate of drug-likeness (QED) is 0.0374. The molecule has 4 aromatic carbocycles. The summed E-state index contributed by atoms with van der Waals surface area (Å²) in [6.07, 6.45) is 25.5. The van der Waals surface area contributed by atoms with Crippen LogP contribution in [0.3, 0.4) is 0 Å². The van der Waals surface area contributed by atoms with Gasteiger partial charge in [-0.25, -0.2) is 0 Å². The molecule has 10 saturated carbocycles. The lowest BCUT2D eigenvalue weighted by atomic mass is 9.52. The van der Waals surface area contributed by atoms with Crippen LogP contribution >= 0.6 is 0 Å². The van der Waals surface area contributed by atoms with Gasteiger partial charge >= 0.3 is 59.7 Å². The van der Waals surface area contributed by atoms with Gasteiger partial charge in [0.15, 0.2) is 24.4 Å². The highest BCUT2D eigenvalue weighted by Gasteiger charge is 2.68. The van der Waals surface area contributed by atoms with Crippen LogP contribution in [0, 0.1) is 78.8 Å². The van der Waals surface area contributed by atoms with Crippen LogP contribution in [0.15, 0.2) is 84.9 Å². The van der Waals surface area contributed by atoms with Crippen molar-refractivity contribution in [3.8, 4) is 0 Å². The second-order valence-electron chi connectivity index (χ2n) is 48.2. The molecule has 0 spiro atoms. The van der Waals surface area contributed by atoms with Gasteiger partial charge in [-0.2, -0.15) is 0 Å². The van der Waals surface area contributed by atoms with Crippen LogP contribution in [0.1, 0.15) is 376 Å². The molecular formula is C113H166O24. The Morgan fingerprint density at radius 3 is 0.876 bits per heavy atom. The first-order chi connectivity index (χ1) is 63.8. The summed E-state index contributed by atoms with van der Waals surface area (Å²) in [5.41, 5.74) is -4.19. The number of benzene rings is 4. The van der Waals surface area contributed by atoms with Gasteiger partial charge in [-0.3, -0.25) is 47.9 Å². The maximum absolute atomic E-state index is 12.8. The van der Waals surface area contributed by atoms with Crippen molar-refractivity contribution >= 4 is 81.2 Å². The second kappa shape index (κ2) is 42.2. The van der Waals surface area contributed by atoms with E-state index in [-0.39, 0.29) is 95.2 Å². The van der Waals surface area contributed by atoms with Gasteiger partial charge in [0, 0.05) is 12.8 Å². The van der Waals surface area contributed by atoms with Crippen molar-refractivity contribution in [3.63, 3.8) is 0 Å². The van der Waals surface area contributed by atoms with Crippen molar-refractivity contribution in [1.29, 1.82) is 0 Å². The first kappa shape index (κ1) is 109. The summed E-state index contributed by atoms with van der Waals surface area (Å²) >= 11 is 0. The highest BCUT2D eigenvalue weighted by molar-refractivity contribution is 5.86. The van der Waals surface area contributed by atoms with Crippen LogP contribution in [0.2, 0.25) is 0 Å². The molecule has 12 bridgehead atoms. The Labute approximate surface area is 815 Å². The number of carboxylic acids is 2. The predicted octanol–water partition coefficient (Wildman–Crippen LogP) is 22.8. The van der Waals surface area contributed by atoms with Crippen LogP contribution < -0.4 is 0 Å². The highest BCUT2D eigenvalue weighted by atomic mass is 16.7. The van der Waals surface area contributed by atoms with Crippen molar-refractivity contribution in [2.24, 2.45) is 78.8 Å². The van der Waals surface area contributed by atoms with Crippen molar-refractivity contribution in [3.05, 3.63) is 96.1 Å². The molecule has 4 N–H and O–H groups in total. The Balaban J connectivity index is 0.000000153. The molecule has 20 rings (SSSR count). The summed E-state index contributed by atoms with van der Waals surface area (Å²) in [6.45, 7) is 45.7. The van der Waals surface area contributed by atoms with Crippen molar-refractivity contribution < 1.29 is 116 Å². The Bertz CT molecular complexity index is 4740. The minimum atomic E-state index is -0.722. The van der Waals surface area contributed by atoms with Gasteiger partial charge in [-0.15, -0.1) is 0 Å². The first-order valence-corrected chi connectivity index (χ1v) is 51.8. The third-order valence-electron chi connectivity index (χ3n) is 34.4. The van der Waals surface area contributed by atoms with E-state index in [0.29, 0.717) is 75.0 Å². The molecule has 24 heteroatoms. The summed E-state index contributed by atoms with van der Waals surface area (Å²) in [5, 5.41) is 43.1. The molecule has 762 valence electrons. The lowest BCUT2D eigenvalue weighted by Gasteiger charge is -2.59. The normalized spacial score (nSPS) is 30.4. The van der Waals surface area contributed by atoms with Crippen LogP contribution in [-0.4, -0.2) is 151 Å². The summed E-state index contributed by atoms with van der Waals surface area (Å²) < 4.78 is 57.3. The molecule has 137 heavy (non-hydrogen) atoms. The molecule has 24 nitrogen and oxygen atoms in total. The highest BCUT2D eigenvalue weighted by Crippen LogP contribution is 2.62. The van der Waals surface area contributed by atoms with Gasteiger partial charge in [0.05, 0.1) is 78.6 Å². The van der Waals surface area contributed by atoms with Crippen LogP contribution in [0.25, 0.3) is 21.5 Å². The van der Waals surface area contributed by atoms with Gasteiger partial charge in [0.25, 0.3) is 0 Å². The Morgan fingerprint density at radius 2 is 0.606 bits per heavy atom. The molecule has 16 fully saturated rings. The molecule has 0 aromatic heterocycles. The van der Waals surface area contributed by atoms with Crippen LogP contribution in [0.5, 0.6) is 0 Å².